The van der Waals surface area contributed by atoms with E-state index in [4.69, 9.17) is 9.88 Å². The molecule has 1 fully saturated rings. The summed E-state index contributed by atoms with van der Waals surface area (Å²) in [5.74, 6) is -0.179. The zero-order chi connectivity index (χ0) is 17.4. The van der Waals surface area contributed by atoms with Gasteiger partial charge in [-0.15, -0.1) is 11.3 Å². The second-order valence-electron chi connectivity index (χ2n) is 6.03. The van der Waals surface area contributed by atoms with Crippen molar-refractivity contribution in [1.29, 1.82) is 0 Å². The first-order chi connectivity index (χ1) is 10.7. The monoisotopic (exact) mass is 360 g/mol. The van der Waals surface area contributed by atoms with Crippen molar-refractivity contribution in [3.63, 3.8) is 0 Å². The number of primary sulfonamides is 1. The third-order valence-electron chi connectivity index (χ3n) is 5.23. The summed E-state index contributed by atoms with van der Waals surface area (Å²) >= 11 is 0.971. The van der Waals surface area contributed by atoms with Gasteiger partial charge in [0.25, 0.3) is 5.91 Å². The van der Waals surface area contributed by atoms with Crippen LogP contribution in [0.2, 0.25) is 0 Å². The molecule has 6 nitrogen and oxygen atoms in total. The zero-order valence-corrected chi connectivity index (χ0v) is 15.5. The first kappa shape index (κ1) is 18.4. The van der Waals surface area contributed by atoms with Crippen LogP contribution in [0.15, 0.2) is 15.7 Å². The minimum Gasteiger partial charge on any atom is -0.381 e. The van der Waals surface area contributed by atoms with Gasteiger partial charge in [0, 0.05) is 31.0 Å². The third-order valence-corrected chi connectivity index (χ3v) is 7.62. The molecule has 0 bridgehead atoms. The third kappa shape index (κ3) is 3.05. The molecule has 0 spiro atoms. The SMILES string of the molecule is CCC1(CC)C(OC)CC1N(C)C(=O)c1csc(S(N)(=O)=O)c1. The van der Waals surface area contributed by atoms with Crippen LogP contribution in [-0.2, 0) is 14.8 Å². The molecule has 1 aromatic heterocycles. The molecule has 0 radical (unpaired) electrons. The molecule has 130 valence electrons. The molecular formula is C15H24N2O4S2. The van der Waals surface area contributed by atoms with E-state index in [1.54, 1.807) is 24.4 Å². The van der Waals surface area contributed by atoms with Crippen molar-refractivity contribution in [3.05, 3.63) is 17.0 Å². The molecule has 1 aromatic rings. The van der Waals surface area contributed by atoms with Crippen molar-refractivity contribution in [2.24, 2.45) is 10.6 Å². The number of nitrogens with two attached hydrogens (primary N) is 1. The number of carbonyl (C=O) groups is 1. The molecule has 1 heterocycles. The van der Waals surface area contributed by atoms with E-state index in [0.29, 0.717) is 5.56 Å². The van der Waals surface area contributed by atoms with Crippen molar-refractivity contribution in [3.8, 4) is 0 Å². The molecule has 8 heteroatoms. The number of carbonyl (C=O) groups excluding carboxylic acids is 1. The highest BCUT2D eigenvalue weighted by atomic mass is 32.2. The van der Waals surface area contributed by atoms with Crippen molar-refractivity contribution < 1.29 is 17.9 Å². The first-order valence-corrected chi connectivity index (χ1v) is 10.0. The average Bonchev–Trinajstić information content (AvgIpc) is 2.97. The van der Waals surface area contributed by atoms with Gasteiger partial charge in [0.1, 0.15) is 4.21 Å². The van der Waals surface area contributed by atoms with E-state index < -0.39 is 10.0 Å². The fraction of sp³-hybridized carbons (Fsp3) is 0.667. The number of rotatable bonds is 6. The van der Waals surface area contributed by atoms with Gasteiger partial charge in [-0.25, -0.2) is 13.6 Å². The normalized spacial score (nSPS) is 23.3. The number of hydrogen-bond donors (Lipinski definition) is 1. The molecule has 2 rings (SSSR count). The summed E-state index contributed by atoms with van der Waals surface area (Å²) in [4.78, 5) is 14.4. The van der Waals surface area contributed by atoms with Gasteiger partial charge < -0.3 is 9.64 Å². The number of ether oxygens (including phenoxy) is 1. The minimum absolute atomic E-state index is 0.00914. The van der Waals surface area contributed by atoms with Crippen molar-refractivity contribution >= 4 is 27.3 Å². The lowest BCUT2D eigenvalue weighted by atomic mass is 9.58. The number of nitrogens with zero attached hydrogens (tertiary/aromatic N) is 1. The van der Waals surface area contributed by atoms with Gasteiger partial charge in [0.2, 0.25) is 10.0 Å². The standard InChI is InChI=1S/C15H24N2O4S2/c1-5-15(6-2)11(8-12(15)21-4)17(3)14(18)10-7-13(22-9-10)23(16,19)20/h7,9,11-12H,5-6,8H2,1-4H3,(H2,16,19,20). The Labute approximate surface area is 141 Å². The number of methoxy groups -OCH3 is 1. The fourth-order valence-corrected chi connectivity index (χ4v) is 5.28. The maximum absolute atomic E-state index is 12.7. The zero-order valence-electron chi connectivity index (χ0n) is 13.9. The van der Waals surface area contributed by atoms with Gasteiger partial charge >= 0.3 is 0 Å². The molecule has 2 atom stereocenters. The van der Waals surface area contributed by atoms with Crippen LogP contribution in [0.25, 0.3) is 0 Å². The Hall–Kier alpha value is -0.960. The van der Waals surface area contributed by atoms with E-state index >= 15 is 0 Å². The molecule has 2 N–H and O–H groups in total. The second kappa shape index (κ2) is 6.51. The highest BCUT2D eigenvalue weighted by Crippen LogP contribution is 2.51. The summed E-state index contributed by atoms with van der Waals surface area (Å²) in [6, 6.07) is 1.44. The lowest BCUT2D eigenvalue weighted by Gasteiger charge is -2.57. The summed E-state index contributed by atoms with van der Waals surface area (Å²) in [6.07, 6.45) is 2.81. The molecule has 23 heavy (non-hydrogen) atoms. The number of hydrogen-bond acceptors (Lipinski definition) is 5. The Morgan fingerprint density at radius 3 is 2.52 bits per heavy atom. The van der Waals surface area contributed by atoms with Crippen molar-refractivity contribution in [2.75, 3.05) is 14.2 Å². The molecular weight excluding hydrogens is 336 g/mol. The van der Waals surface area contributed by atoms with E-state index in [1.807, 2.05) is 0 Å². The quantitative estimate of drug-likeness (QED) is 0.841. The van der Waals surface area contributed by atoms with Crippen LogP contribution in [0.3, 0.4) is 0 Å². The Bertz CT molecular complexity index is 679. The van der Waals surface area contributed by atoms with E-state index in [2.05, 4.69) is 13.8 Å². The van der Waals surface area contributed by atoms with E-state index in [1.165, 1.54) is 6.07 Å². The van der Waals surface area contributed by atoms with Crippen molar-refractivity contribution in [2.45, 2.75) is 49.5 Å². The predicted octanol–water partition coefficient (Wildman–Crippen LogP) is 2.06. The maximum atomic E-state index is 12.7. The summed E-state index contributed by atoms with van der Waals surface area (Å²) in [5, 5.41) is 6.65. The molecule has 1 aliphatic rings. The topological polar surface area (TPSA) is 89.7 Å². The van der Waals surface area contributed by atoms with Crippen LogP contribution in [0.4, 0.5) is 0 Å². The number of amides is 1. The number of sulfonamides is 1. The molecule has 0 aromatic carbocycles. The van der Waals surface area contributed by atoms with Gasteiger partial charge in [-0.05, 0) is 25.3 Å². The van der Waals surface area contributed by atoms with Gasteiger partial charge in [0.05, 0.1) is 11.7 Å². The molecule has 1 aliphatic carbocycles. The molecule has 0 saturated heterocycles. The predicted molar refractivity (Wildman–Crippen MR) is 90.0 cm³/mol. The Kier molecular flexibility index (Phi) is 5.20. The molecule has 1 amide bonds. The van der Waals surface area contributed by atoms with E-state index in [-0.39, 0.29) is 27.7 Å². The van der Waals surface area contributed by atoms with Crippen molar-refractivity contribution in [1.82, 2.24) is 4.90 Å². The highest BCUT2D eigenvalue weighted by molar-refractivity contribution is 7.91. The van der Waals surface area contributed by atoms with Gasteiger partial charge in [-0.2, -0.15) is 0 Å². The summed E-state index contributed by atoms with van der Waals surface area (Å²) in [5.41, 5.74) is 0.321. The van der Waals surface area contributed by atoms with Crippen LogP contribution in [0.1, 0.15) is 43.5 Å². The van der Waals surface area contributed by atoms with Gasteiger partial charge in [-0.3, -0.25) is 4.79 Å². The lowest BCUT2D eigenvalue weighted by molar-refractivity contribution is -0.147. The Morgan fingerprint density at radius 2 is 2.09 bits per heavy atom. The van der Waals surface area contributed by atoms with Gasteiger partial charge in [0.15, 0.2) is 0 Å². The van der Waals surface area contributed by atoms with Crippen LogP contribution in [0, 0.1) is 5.41 Å². The lowest BCUT2D eigenvalue weighted by Crippen LogP contribution is -2.64. The van der Waals surface area contributed by atoms with Crippen LogP contribution >= 0.6 is 11.3 Å². The summed E-state index contributed by atoms with van der Waals surface area (Å²) in [7, 11) is -0.291. The summed E-state index contributed by atoms with van der Waals surface area (Å²) < 4.78 is 28.3. The Morgan fingerprint density at radius 1 is 1.48 bits per heavy atom. The maximum Gasteiger partial charge on any atom is 0.254 e. The fourth-order valence-electron chi connectivity index (χ4n) is 3.70. The smallest absolute Gasteiger partial charge is 0.254 e. The molecule has 1 saturated carbocycles. The van der Waals surface area contributed by atoms with E-state index in [9.17, 15) is 13.2 Å². The first-order valence-electron chi connectivity index (χ1n) is 7.62. The second-order valence-corrected chi connectivity index (χ2v) is 8.73. The summed E-state index contributed by atoms with van der Waals surface area (Å²) in [6.45, 7) is 4.23. The van der Waals surface area contributed by atoms with E-state index in [0.717, 1.165) is 30.6 Å². The number of thiophene rings is 1. The largest absolute Gasteiger partial charge is 0.381 e. The van der Waals surface area contributed by atoms with Crippen LogP contribution < -0.4 is 5.14 Å². The molecule has 0 aliphatic heterocycles. The minimum atomic E-state index is -3.77. The average molecular weight is 361 g/mol. The van der Waals surface area contributed by atoms with Crippen LogP contribution in [0.5, 0.6) is 0 Å². The highest BCUT2D eigenvalue weighted by Gasteiger charge is 2.55. The Balaban J connectivity index is 2.22. The van der Waals surface area contributed by atoms with Crippen LogP contribution in [-0.4, -0.2) is 45.5 Å². The van der Waals surface area contributed by atoms with Gasteiger partial charge in [-0.1, -0.05) is 13.8 Å². The molecule has 2 unspecified atom stereocenters.